The van der Waals surface area contributed by atoms with Crippen LogP contribution in [0.2, 0.25) is 0 Å². The molecule has 0 aliphatic heterocycles. The number of carbonyl (C=O) groups excluding carboxylic acids is 1. The summed E-state index contributed by atoms with van der Waals surface area (Å²) in [4.78, 5) is 16.2. The number of rotatable bonds is 3. The number of nitrogen functional groups attached to an aromatic ring is 1. The monoisotopic (exact) mass is 260 g/mol. The van der Waals surface area contributed by atoms with Crippen molar-refractivity contribution < 1.29 is 14.3 Å². The molecule has 100 valence electrons. The van der Waals surface area contributed by atoms with E-state index in [4.69, 9.17) is 15.2 Å². The minimum absolute atomic E-state index is 0.194. The molecule has 2 rings (SSSR count). The Morgan fingerprint density at radius 1 is 1.26 bits per heavy atom. The Morgan fingerprint density at radius 2 is 1.95 bits per heavy atom. The van der Waals surface area contributed by atoms with Gasteiger partial charge in [0.25, 0.3) is 0 Å². The first-order valence-corrected chi connectivity index (χ1v) is 5.97. The minimum Gasteiger partial charge on any atom is -0.481 e. The maximum atomic E-state index is 11.9. The predicted octanol–water partition coefficient (Wildman–Crippen LogP) is 2.39. The number of methoxy groups -OCH3 is 1. The van der Waals surface area contributed by atoms with Gasteiger partial charge in [0.05, 0.1) is 30.0 Å². The topological polar surface area (TPSA) is 74.4 Å². The summed E-state index contributed by atoms with van der Waals surface area (Å²) in [6.45, 7) is 3.58. The van der Waals surface area contributed by atoms with Gasteiger partial charge in [0, 0.05) is 11.5 Å². The summed E-state index contributed by atoms with van der Waals surface area (Å²) in [7, 11) is 1.53. The summed E-state index contributed by atoms with van der Waals surface area (Å²) in [6, 6.07) is 7.02. The molecule has 19 heavy (non-hydrogen) atoms. The standard InChI is InChI=1S/C14H16N2O3/c1-8(2)19-14(17)10-6-4-9-5-7-11(18-3)16-13(9)12(10)15/h4-8H,15H2,1-3H3. The van der Waals surface area contributed by atoms with E-state index in [2.05, 4.69) is 4.98 Å². The smallest absolute Gasteiger partial charge is 0.340 e. The van der Waals surface area contributed by atoms with E-state index in [1.165, 1.54) is 7.11 Å². The first-order chi connectivity index (χ1) is 9.02. The van der Waals surface area contributed by atoms with Crippen LogP contribution < -0.4 is 10.5 Å². The third-order valence-corrected chi connectivity index (χ3v) is 2.65. The number of anilines is 1. The number of hydrogen-bond donors (Lipinski definition) is 1. The van der Waals surface area contributed by atoms with Crippen molar-refractivity contribution >= 4 is 22.6 Å². The number of pyridine rings is 1. The van der Waals surface area contributed by atoms with Gasteiger partial charge in [0.1, 0.15) is 0 Å². The van der Waals surface area contributed by atoms with Crippen molar-refractivity contribution in [3.8, 4) is 5.88 Å². The van der Waals surface area contributed by atoms with Crippen molar-refractivity contribution in [1.82, 2.24) is 4.98 Å². The molecule has 0 unspecified atom stereocenters. The third-order valence-electron chi connectivity index (χ3n) is 2.65. The zero-order valence-corrected chi connectivity index (χ0v) is 11.1. The highest BCUT2D eigenvalue weighted by atomic mass is 16.5. The van der Waals surface area contributed by atoms with Gasteiger partial charge in [-0.2, -0.15) is 0 Å². The number of nitrogens with zero attached hydrogens (tertiary/aromatic N) is 1. The van der Waals surface area contributed by atoms with Crippen LogP contribution in [0.3, 0.4) is 0 Å². The molecule has 0 fully saturated rings. The highest BCUT2D eigenvalue weighted by Gasteiger charge is 2.15. The lowest BCUT2D eigenvalue weighted by Crippen LogP contribution is -2.13. The quantitative estimate of drug-likeness (QED) is 0.677. The minimum atomic E-state index is -0.445. The van der Waals surface area contributed by atoms with Gasteiger partial charge in [0.15, 0.2) is 0 Å². The van der Waals surface area contributed by atoms with Gasteiger partial charge < -0.3 is 15.2 Å². The summed E-state index contributed by atoms with van der Waals surface area (Å²) >= 11 is 0. The first kappa shape index (κ1) is 13.1. The molecule has 1 aromatic carbocycles. The molecule has 0 aliphatic carbocycles. The first-order valence-electron chi connectivity index (χ1n) is 5.97. The van der Waals surface area contributed by atoms with Gasteiger partial charge in [-0.15, -0.1) is 0 Å². The van der Waals surface area contributed by atoms with Crippen molar-refractivity contribution in [2.75, 3.05) is 12.8 Å². The van der Waals surface area contributed by atoms with E-state index < -0.39 is 5.97 Å². The van der Waals surface area contributed by atoms with Gasteiger partial charge in [-0.3, -0.25) is 0 Å². The summed E-state index contributed by atoms with van der Waals surface area (Å²) in [5.74, 6) is 0.00703. The van der Waals surface area contributed by atoms with Crippen LogP contribution in [0.1, 0.15) is 24.2 Å². The Kier molecular flexibility index (Phi) is 3.55. The van der Waals surface area contributed by atoms with Crippen LogP contribution in [0, 0.1) is 0 Å². The average molecular weight is 260 g/mol. The average Bonchev–Trinajstić information content (AvgIpc) is 2.38. The lowest BCUT2D eigenvalue weighted by Gasteiger charge is -2.11. The fourth-order valence-electron chi connectivity index (χ4n) is 1.76. The van der Waals surface area contributed by atoms with E-state index in [0.29, 0.717) is 22.6 Å². The lowest BCUT2D eigenvalue weighted by molar-refractivity contribution is 0.0379. The Balaban J connectivity index is 2.52. The van der Waals surface area contributed by atoms with Crippen LogP contribution in [0.25, 0.3) is 10.9 Å². The third kappa shape index (κ3) is 2.59. The summed E-state index contributed by atoms with van der Waals surface area (Å²) in [6.07, 6.45) is -0.194. The van der Waals surface area contributed by atoms with Gasteiger partial charge in [-0.05, 0) is 26.0 Å². The molecule has 5 heteroatoms. The van der Waals surface area contributed by atoms with E-state index in [-0.39, 0.29) is 6.10 Å². The molecular weight excluding hydrogens is 244 g/mol. The van der Waals surface area contributed by atoms with E-state index >= 15 is 0 Å². The molecule has 2 N–H and O–H groups in total. The van der Waals surface area contributed by atoms with Crippen molar-refractivity contribution in [2.45, 2.75) is 20.0 Å². The van der Waals surface area contributed by atoms with E-state index in [9.17, 15) is 4.79 Å². The molecule has 2 aromatic rings. The Labute approximate surface area is 111 Å². The SMILES string of the molecule is COc1ccc2ccc(C(=O)OC(C)C)c(N)c2n1. The molecule has 1 aromatic heterocycles. The van der Waals surface area contributed by atoms with Crippen LogP contribution in [0.15, 0.2) is 24.3 Å². The second-order valence-corrected chi connectivity index (χ2v) is 4.41. The van der Waals surface area contributed by atoms with E-state index in [1.807, 2.05) is 6.07 Å². The maximum absolute atomic E-state index is 11.9. The fourth-order valence-corrected chi connectivity index (χ4v) is 1.76. The number of benzene rings is 1. The molecule has 0 bridgehead atoms. The van der Waals surface area contributed by atoms with Crippen LogP contribution in [0.4, 0.5) is 5.69 Å². The Hall–Kier alpha value is -2.30. The summed E-state index contributed by atoms with van der Waals surface area (Å²) in [5.41, 5.74) is 7.17. The van der Waals surface area contributed by atoms with Crippen molar-refractivity contribution in [2.24, 2.45) is 0 Å². The van der Waals surface area contributed by atoms with Crippen molar-refractivity contribution in [3.63, 3.8) is 0 Å². The second-order valence-electron chi connectivity index (χ2n) is 4.41. The largest absolute Gasteiger partial charge is 0.481 e. The molecule has 0 saturated heterocycles. The van der Waals surface area contributed by atoms with Gasteiger partial charge >= 0.3 is 5.97 Å². The predicted molar refractivity (Wildman–Crippen MR) is 73.3 cm³/mol. The number of fused-ring (bicyclic) bond motifs is 1. The number of aromatic nitrogens is 1. The summed E-state index contributed by atoms with van der Waals surface area (Å²) in [5, 5.41) is 0.847. The van der Waals surface area contributed by atoms with Crippen molar-refractivity contribution in [1.29, 1.82) is 0 Å². The van der Waals surface area contributed by atoms with Gasteiger partial charge in [0.2, 0.25) is 5.88 Å². The van der Waals surface area contributed by atoms with Crippen molar-refractivity contribution in [3.05, 3.63) is 29.8 Å². The van der Waals surface area contributed by atoms with Crippen LogP contribution in [-0.2, 0) is 4.74 Å². The fraction of sp³-hybridized carbons (Fsp3) is 0.286. The molecular formula is C14H16N2O3. The highest BCUT2D eigenvalue weighted by molar-refractivity contribution is 6.04. The molecule has 0 spiro atoms. The zero-order chi connectivity index (χ0) is 14.0. The second kappa shape index (κ2) is 5.14. The van der Waals surface area contributed by atoms with E-state index in [0.717, 1.165) is 5.39 Å². The highest BCUT2D eigenvalue weighted by Crippen LogP contribution is 2.26. The number of ether oxygens (including phenoxy) is 2. The molecule has 1 heterocycles. The maximum Gasteiger partial charge on any atom is 0.340 e. The number of hydrogen-bond acceptors (Lipinski definition) is 5. The van der Waals surface area contributed by atoms with E-state index in [1.54, 1.807) is 32.0 Å². The molecule has 0 amide bonds. The van der Waals surface area contributed by atoms with Crippen LogP contribution in [-0.4, -0.2) is 24.2 Å². The normalized spacial score (nSPS) is 10.7. The Morgan fingerprint density at radius 3 is 2.58 bits per heavy atom. The molecule has 0 atom stereocenters. The molecule has 0 radical (unpaired) electrons. The number of carbonyl (C=O) groups is 1. The van der Waals surface area contributed by atoms with Crippen LogP contribution in [0.5, 0.6) is 5.88 Å². The number of nitrogens with two attached hydrogens (primary N) is 1. The molecule has 0 aliphatic rings. The molecule has 0 saturated carbocycles. The summed E-state index contributed by atoms with van der Waals surface area (Å²) < 4.78 is 10.2. The lowest BCUT2D eigenvalue weighted by atomic mass is 10.1. The van der Waals surface area contributed by atoms with Gasteiger partial charge in [-0.1, -0.05) is 6.07 Å². The molecule has 5 nitrogen and oxygen atoms in total. The Bertz CT molecular complexity index is 623. The zero-order valence-electron chi connectivity index (χ0n) is 11.1. The number of esters is 1. The van der Waals surface area contributed by atoms with Crippen LogP contribution >= 0.6 is 0 Å². The van der Waals surface area contributed by atoms with Gasteiger partial charge in [-0.25, -0.2) is 9.78 Å².